The van der Waals surface area contributed by atoms with Crippen molar-refractivity contribution < 1.29 is 4.84 Å². The maximum absolute atomic E-state index is 5.95. The molecule has 3 rings (SSSR count). The highest BCUT2D eigenvalue weighted by atomic mass is 35.5. The van der Waals surface area contributed by atoms with Crippen molar-refractivity contribution in [3.05, 3.63) is 100 Å². The lowest BCUT2D eigenvalue weighted by atomic mass is 10.1. The zero-order valence-electron chi connectivity index (χ0n) is 13.9. The summed E-state index contributed by atoms with van der Waals surface area (Å²) in [5, 5.41) is 5.82. The summed E-state index contributed by atoms with van der Waals surface area (Å²) in [7, 11) is 0. The van der Waals surface area contributed by atoms with Gasteiger partial charge in [-0.1, -0.05) is 70.8 Å². The summed E-state index contributed by atoms with van der Waals surface area (Å²) in [4.78, 5) is 6.73. The molecule has 132 valence electrons. The molecule has 0 saturated heterocycles. The quantitative estimate of drug-likeness (QED) is 0.249. The Kier molecular flexibility index (Phi) is 7.01. The lowest BCUT2D eigenvalue weighted by Gasteiger charge is -2.08. The van der Waals surface area contributed by atoms with Gasteiger partial charge in [0, 0.05) is 26.3 Å². The highest BCUT2D eigenvalue weighted by Crippen LogP contribution is 2.22. The minimum atomic E-state index is 0.402. The van der Waals surface area contributed by atoms with E-state index in [4.69, 9.17) is 28.0 Å². The standard InChI is InChI=1S/C21H17Cl2NOS/c22-18-8-6-16(7-9-18)14-25-24-21(17-4-2-1-3-5-17)15-26-20-12-10-19(23)11-13-20/h1-13H,14-15H2/b24-21-. The molecule has 0 atom stereocenters. The minimum Gasteiger partial charge on any atom is -0.391 e. The number of benzene rings is 3. The van der Waals surface area contributed by atoms with E-state index in [1.807, 2.05) is 78.9 Å². The molecule has 0 heterocycles. The number of nitrogens with zero attached hydrogens (tertiary/aromatic N) is 1. The van der Waals surface area contributed by atoms with Crippen LogP contribution in [0, 0.1) is 0 Å². The lowest BCUT2D eigenvalue weighted by molar-refractivity contribution is 0.130. The van der Waals surface area contributed by atoms with Crippen molar-refractivity contribution in [1.29, 1.82) is 0 Å². The number of hydrogen-bond donors (Lipinski definition) is 0. The molecule has 0 saturated carbocycles. The third-order valence-electron chi connectivity index (χ3n) is 3.62. The van der Waals surface area contributed by atoms with Crippen molar-refractivity contribution in [2.45, 2.75) is 11.5 Å². The first kappa shape index (κ1) is 18.8. The van der Waals surface area contributed by atoms with Crippen LogP contribution in [0.5, 0.6) is 0 Å². The molecule has 2 nitrogen and oxygen atoms in total. The zero-order chi connectivity index (χ0) is 18.2. The highest BCUT2D eigenvalue weighted by molar-refractivity contribution is 8.00. The molecule has 0 radical (unpaired) electrons. The number of rotatable bonds is 7. The predicted octanol–water partition coefficient (Wildman–Crippen LogP) is 6.71. The maximum atomic E-state index is 5.95. The number of thioether (sulfide) groups is 1. The summed E-state index contributed by atoms with van der Waals surface area (Å²) in [6.07, 6.45) is 0. The molecule has 0 bridgehead atoms. The first-order valence-electron chi connectivity index (χ1n) is 8.08. The van der Waals surface area contributed by atoms with Gasteiger partial charge in [0.1, 0.15) is 6.61 Å². The second kappa shape index (κ2) is 9.67. The minimum absolute atomic E-state index is 0.402. The van der Waals surface area contributed by atoms with Crippen LogP contribution in [0.1, 0.15) is 11.1 Å². The largest absolute Gasteiger partial charge is 0.391 e. The SMILES string of the molecule is Clc1ccc(CO/N=C(/CSc2ccc(Cl)cc2)c2ccccc2)cc1. The van der Waals surface area contributed by atoms with Gasteiger partial charge in [0.25, 0.3) is 0 Å². The molecule has 3 aromatic rings. The summed E-state index contributed by atoms with van der Waals surface area (Å²) in [6, 6.07) is 25.4. The van der Waals surface area contributed by atoms with Crippen molar-refractivity contribution in [2.24, 2.45) is 5.16 Å². The van der Waals surface area contributed by atoms with E-state index in [-0.39, 0.29) is 0 Å². The predicted molar refractivity (Wildman–Crippen MR) is 111 cm³/mol. The van der Waals surface area contributed by atoms with E-state index in [1.54, 1.807) is 11.8 Å². The first-order chi connectivity index (χ1) is 12.7. The van der Waals surface area contributed by atoms with Crippen molar-refractivity contribution in [3.63, 3.8) is 0 Å². The van der Waals surface area contributed by atoms with E-state index in [2.05, 4.69) is 5.16 Å². The Bertz CT molecular complexity index is 849. The molecule has 0 N–H and O–H groups in total. The number of oxime groups is 1. The Hall–Kier alpha value is -1.94. The van der Waals surface area contributed by atoms with Crippen LogP contribution in [0.4, 0.5) is 0 Å². The highest BCUT2D eigenvalue weighted by Gasteiger charge is 2.06. The van der Waals surface area contributed by atoms with Gasteiger partial charge in [0.15, 0.2) is 0 Å². The number of hydrogen-bond acceptors (Lipinski definition) is 3. The molecule has 0 unspecified atom stereocenters. The first-order valence-corrected chi connectivity index (χ1v) is 9.82. The van der Waals surface area contributed by atoms with Crippen LogP contribution in [-0.2, 0) is 11.4 Å². The Morgan fingerprint density at radius 2 is 1.42 bits per heavy atom. The van der Waals surface area contributed by atoms with Crippen LogP contribution in [-0.4, -0.2) is 11.5 Å². The molecule has 5 heteroatoms. The molecule has 26 heavy (non-hydrogen) atoms. The lowest BCUT2D eigenvalue weighted by Crippen LogP contribution is -2.05. The van der Waals surface area contributed by atoms with Crippen molar-refractivity contribution in [3.8, 4) is 0 Å². The fourth-order valence-corrected chi connectivity index (χ4v) is 3.34. The van der Waals surface area contributed by atoms with Crippen LogP contribution in [0.15, 0.2) is 88.9 Å². The van der Waals surface area contributed by atoms with Gasteiger partial charge >= 0.3 is 0 Å². The zero-order valence-corrected chi connectivity index (χ0v) is 16.3. The van der Waals surface area contributed by atoms with Crippen molar-refractivity contribution >= 4 is 40.7 Å². The van der Waals surface area contributed by atoms with Gasteiger partial charge in [-0.25, -0.2) is 0 Å². The summed E-state index contributed by atoms with van der Waals surface area (Å²) in [5.74, 6) is 0.701. The second-order valence-corrected chi connectivity index (χ2v) is 7.47. The Balaban J connectivity index is 1.68. The van der Waals surface area contributed by atoms with Gasteiger partial charge in [0.2, 0.25) is 0 Å². The Labute approximate surface area is 167 Å². The maximum Gasteiger partial charge on any atom is 0.142 e. The van der Waals surface area contributed by atoms with Gasteiger partial charge in [-0.05, 0) is 42.0 Å². The summed E-state index contributed by atoms with van der Waals surface area (Å²) in [6.45, 7) is 0.402. The van der Waals surface area contributed by atoms with Gasteiger partial charge in [-0.3, -0.25) is 0 Å². The molecular weight excluding hydrogens is 385 g/mol. The van der Waals surface area contributed by atoms with E-state index < -0.39 is 0 Å². The molecule has 0 aromatic heterocycles. The molecule has 0 aliphatic rings. The normalized spacial score (nSPS) is 11.4. The van der Waals surface area contributed by atoms with Crippen LogP contribution in [0.2, 0.25) is 10.0 Å². The molecule has 3 aromatic carbocycles. The average molecular weight is 402 g/mol. The summed E-state index contributed by atoms with van der Waals surface area (Å²) >= 11 is 13.5. The van der Waals surface area contributed by atoms with E-state index in [0.717, 1.165) is 26.8 Å². The fraction of sp³-hybridized carbons (Fsp3) is 0.0952. The molecule has 0 spiro atoms. The molecule has 0 aliphatic heterocycles. The van der Waals surface area contributed by atoms with Crippen molar-refractivity contribution in [1.82, 2.24) is 0 Å². The second-order valence-electron chi connectivity index (χ2n) is 5.55. The molecule has 0 fully saturated rings. The van der Waals surface area contributed by atoms with Gasteiger partial charge in [-0.15, -0.1) is 11.8 Å². The van der Waals surface area contributed by atoms with E-state index >= 15 is 0 Å². The van der Waals surface area contributed by atoms with Crippen LogP contribution in [0.25, 0.3) is 0 Å². The van der Waals surface area contributed by atoms with Crippen molar-refractivity contribution in [2.75, 3.05) is 5.75 Å². The molecule has 0 aliphatic carbocycles. The average Bonchev–Trinajstić information content (AvgIpc) is 2.68. The van der Waals surface area contributed by atoms with Gasteiger partial charge < -0.3 is 4.84 Å². The fourth-order valence-electron chi connectivity index (χ4n) is 2.24. The molecular formula is C21H17Cl2NOS. The monoisotopic (exact) mass is 401 g/mol. The topological polar surface area (TPSA) is 21.6 Å². The third kappa shape index (κ3) is 5.80. The van der Waals surface area contributed by atoms with E-state index in [9.17, 15) is 0 Å². The molecule has 0 amide bonds. The third-order valence-corrected chi connectivity index (χ3v) is 5.14. The van der Waals surface area contributed by atoms with Crippen LogP contribution in [0.3, 0.4) is 0 Å². The number of halogens is 2. The Morgan fingerprint density at radius 1 is 0.808 bits per heavy atom. The van der Waals surface area contributed by atoms with Crippen LogP contribution < -0.4 is 0 Å². The van der Waals surface area contributed by atoms with E-state index in [0.29, 0.717) is 17.4 Å². The Morgan fingerprint density at radius 3 is 2.08 bits per heavy atom. The van der Waals surface area contributed by atoms with Gasteiger partial charge in [-0.2, -0.15) is 0 Å². The van der Waals surface area contributed by atoms with E-state index in [1.165, 1.54) is 0 Å². The summed E-state index contributed by atoms with van der Waals surface area (Å²) < 4.78 is 0. The van der Waals surface area contributed by atoms with Crippen LogP contribution >= 0.6 is 35.0 Å². The smallest absolute Gasteiger partial charge is 0.142 e. The summed E-state index contributed by atoms with van der Waals surface area (Å²) in [5.41, 5.74) is 2.96. The van der Waals surface area contributed by atoms with Gasteiger partial charge in [0.05, 0.1) is 5.71 Å².